The minimum Gasteiger partial charge on any atom is -0.355 e. The molecule has 0 aliphatic rings. The van der Waals surface area contributed by atoms with Crippen LogP contribution in [0.25, 0.3) is 11.0 Å². The van der Waals surface area contributed by atoms with E-state index in [0.717, 1.165) is 42.7 Å². The van der Waals surface area contributed by atoms with Gasteiger partial charge in [-0.3, -0.25) is 4.79 Å². The molecule has 1 amide bonds. The van der Waals surface area contributed by atoms with Gasteiger partial charge < -0.3 is 9.88 Å². The van der Waals surface area contributed by atoms with E-state index in [9.17, 15) is 4.79 Å². The Bertz CT molecular complexity index is 975. The number of hydrogen-bond acceptors (Lipinski definition) is 2. The second kappa shape index (κ2) is 9.25. The number of carbonyl (C=O) groups excluding carboxylic acids is 1. The zero-order chi connectivity index (χ0) is 21.0. The highest BCUT2D eigenvalue weighted by molar-refractivity contribution is 5.78. The smallest absolute Gasteiger partial charge is 0.223 e. The topological polar surface area (TPSA) is 46.9 Å². The molecular formula is C25H33N3O. The van der Waals surface area contributed by atoms with Crippen LogP contribution in [0.2, 0.25) is 0 Å². The molecule has 0 bridgehead atoms. The van der Waals surface area contributed by atoms with Gasteiger partial charge in [0.1, 0.15) is 5.82 Å². The van der Waals surface area contributed by atoms with Gasteiger partial charge in [-0.05, 0) is 62.4 Å². The molecule has 1 N–H and O–H groups in total. The monoisotopic (exact) mass is 391 g/mol. The van der Waals surface area contributed by atoms with Crippen molar-refractivity contribution in [2.45, 2.75) is 60.4 Å². The van der Waals surface area contributed by atoms with E-state index in [-0.39, 0.29) is 11.8 Å². The van der Waals surface area contributed by atoms with E-state index in [4.69, 9.17) is 4.98 Å². The van der Waals surface area contributed by atoms with Gasteiger partial charge >= 0.3 is 0 Å². The number of nitrogens with zero attached hydrogens (tertiary/aromatic N) is 2. The fourth-order valence-electron chi connectivity index (χ4n) is 4.21. The fraction of sp³-hybridized carbons (Fsp3) is 0.440. The molecule has 154 valence electrons. The van der Waals surface area contributed by atoms with Crippen molar-refractivity contribution in [1.29, 1.82) is 0 Å². The second-order valence-electron chi connectivity index (χ2n) is 8.03. The van der Waals surface area contributed by atoms with E-state index in [0.29, 0.717) is 6.54 Å². The van der Waals surface area contributed by atoms with Crippen LogP contribution in [0.15, 0.2) is 36.4 Å². The van der Waals surface area contributed by atoms with E-state index >= 15 is 0 Å². The summed E-state index contributed by atoms with van der Waals surface area (Å²) in [6, 6.07) is 12.8. The molecular weight excluding hydrogens is 358 g/mol. The Hall–Kier alpha value is -2.62. The van der Waals surface area contributed by atoms with Gasteiger partial charge in [0.15, 0.2) is 0 Å². The standard InChI is InChI=1S/C25H33N3O/c1-6-20(7-2)25(29)26-13-12-24-27-22-10-8-9-11-23(22)28(24)16-21-18(4)14-17(3)15-19(21)5/h8-11,14-15,20H,6-7,12-13,16H2,1-5H3,(H,26,29). The third kappa shape index (κ3) is 4.69. The Morgan fingerprint density at radius 2 is 1.72 bits per heavy atom. The first-order valence-electron chi connectivity index (χ1n) is 10.7. The summed E-state index contributed by atoms with van der Waals surface area (Å²) in [7, 11) is 0. The number of fused-ring (bicyclic) bond motifs is 1. The summed E-state index contributed by atoms with van der Waals surface area (Å²) >= 11 is 0. The van der Waals surface area contributed by atoms with Gasteiger partial charge in [0.25, 0.3) is 0 Å². The van der Waals surface area contributed by atoms with Crippen molar-refractivity contribution in [1.82, 2.24) is 14.9 Å². The predicted octanol–water partition coefficient (Wildman–Crippen LogP) is 5.10. The van der Waals surface area contributed by atoms with Crippen LogP contribution in [-0.4, -0.2) is 22.0 Å². The third-order valence-electron chi connectivity index (χ3n) is 5.89. The molecule has 0 saturated heterocycles. The zero-order valence-electron chi connectivity index (χ0n) is 18.4. The van der Waals surface area contributed by atoms with Crippen LogP contribution in [-0.2, 0) is 17.8 Å². The van der Waals surface area contributed by atoms with Crippen LogP contribution in [0.1, 0.15) is 54.8 Å². The van der Waals surface area contributed by atoms with Gasteiger partial charge in [0.2, 0.25) is 5.91 Å². The van der Waals surface area contributed by atoms with E-state index in [1.54, 1.807) is 0 Å². The summed E-state index contributed by atoms with van der Waals surface area (Å²) < 4.78 is 2.31. The second-order valence-corrected chi connectivity index (χ2v) is 8.03. The predicted molar refractivity (Wildman–Crippen MR) is 120 cm³/mol. The van der Waals surface area contributed by atoms with Crippen molar-refractivity contribution in [3.8, 4) is 0 Å². The molecule has 0 saturated carbocycles. The van der Waals surface area contributed by atoms with Crippen LogP contribution < -0.4 is 5.32 Å². The van der Waals surface area contributed by atoms with Crippen LogP contribution in [0, 0.1) is 26.7 Å². The van der Waals surface area contributed by atoms with Crippen molar-refractivity contribution < 1.29 is 4.79 Å². The molecule has 0 fully saturated rings. The molecule has 4 heteroatoms. The van der Waals surface area contributed by atoms with Crippen LogP contribution in [0.5, 0.6) is 0 Å². The lowest BCUT2D eigenvalue weighted by atomic mass is 9.99. The Labute approximate surface area is 174 Å². The molecule has 0 aliphatic heterocycles. The Kier molecular flexibility index (Phi) is 6.73. The average molecular weight is 392 g/mol. The quantitative estimate of drug-likeness (QED) is 0.580. The molecule has 0 atom stereocenters. The van der Waals surface area contributed by atoms with Crippen molar-refractivity contribution in [2.75, 3.05) is 6.54 Å². The molecule has 1 aromatic heterocycles. The number of carbonyl (C=O) groups is 1. The van der Waals surface area contributed by atoms with Crippen molar-refractivity contribution in [3.05, 3.63) is 64.5 Å². The van der Waals surface area contributed by atoms with E-state index in [2.05, 4.69) is 74.8 Å². The summed E-state index contributed by atoms with van der Waals surface area (Å²) in [4.78, 5) is 17.2. The molecule has 0 spiro atoms. The lowest BCUT2D eigenvalue weighted by Gasteiger charge is -2.16. The minimum atomic E-state index is 0.103. The number of para-hydroxylation sites is 2. The first-order valence-corrected chi connectivity index (χ1v) is 10.7. The normalized spacial score (nSPS) is 11.4. The van der Waals surface area contributed by atoms with E-state index < -0.39 is 0 Å². The summed E-state index contributed by atoms with van der Waals surface area (Å²) in [5.41, 5.74) is 7.43. The maximum absolute atomic E-state index is 12.3. The average Bonchev–Trinajstić information content (AvgIpc) is 3.03. The molecule has 2 aromatic carbocycles. The number of nitrogens with one attached hydrogen (secondary N) is 1. The number of hydrogen-bond donors (Lipinski definition) is 1. The summed E-state index contributed by atoms with van der Waals surface area (Å²) in [5.74, 6) is 1.28. The van der Waals surface area contributed by atoms with Crippen molar-refractivity contribution in [2.24, 2.45) is 5.92 Å². The molecule has 1 heterocycles. The molecule has 0 unspecified atom stereocenters. The largest absolute Gasteiger partial charge is 0.355 e. The van der Waals surface area contributed by atoms with Gasteiger partial charge in [-0.2, -0.15) is 0 Å². The molecule has 3 rings (SSSR count). The number of amides is 1. The number of aryl methyl sites for hydroxylation is 3. The maximum atomic E-state index is 12.3. The van der Waals surface area contributed by atoms with Gasteiger partial charge in [-0.15, -0.1) is 0 Å². The Morgan fingerprint density at radius 3 is 2.38 bits per heavy atom. The lowest BCUT2D eigenvalue weighted by molar-refractivity contribution is -0.125. The van der Waals surface area contributed by atoms with Crippen LogP contribution in [0.3, 0.4) is 0 Å². The number of rotatable bonds is 8. The minimum absolute atomic E-state index is 0.103. The van der Waals surface area contributed by atoms with Crippen molar-refractivity contribution >= 4 is 16.9 Å². The van der Waals surface area contributed by atoms with Gasteiger partial charge in [0.05, 0.1) is 11.0 Å². The molecule has 4 nitrogen and oxygen atoms in total. The van der Waals surface area contributed by atoms with Gasteiger partial charge in [-0.25, -0.2) is 4.98 Å². The first kappa shape index (κ1) is 21.1. The summed E-state index contributed by atoms with van der Waals surface area (Å²) in [6.07, 6.45) is 2.49. The highest BCUT2D eigenvalue weighted by Gasteiger charge is 2.16. The summed E-state index contributed by atoms with van der Waals surface area (Å²) in [5, 5.41) is 3.11. The molecule has 0 aliphatic carbocycles. The Morgan fingerprint density at radius 1 is 1.07 bits per heavy atom. The third-order valence-corrected chi connectivity index (χ3v) is 5.89. The molecule has 0 radical (unpaired) electrons. The van der Waals surface area contributed by atoms with E-state index in [1.807, 2.05) is 6.07 Å². The zero-order valence-corrected chi connectivity index (χ0v) is 18.4. The fourth-order valence-corrected chi connectivity index (χ4v) is 4.21. The number of imidazole rings is 1. The number of benzene rings is 2. The molecule has 29 heavy (non-hydrogen) atoms. The lowest BCUT2D eigenvalue weighted by Crippen LogP contribution is -2.32. The summed E-state index contributed by atoms with van der Waals surface area (Å²) in [6.45, 7) is 12.1. The number of aromatic nitrogens is 2. The Balaban J connectivity index is 1.86. The van der Waals surface area contributed by atoms with Crippen molar-refractivity contribution in [3.63, 3.8) is 0 Å². The highest BCUT2D eigenvalue weighted by atomic mass is 16.1. The van der Waals surface area contributed by atoms with Gasteiger partial charge in [-0.1, -0.05) is 43.7 Å². The molecule has 3 aromatic rings. The van der Waals surface area contributed by atoms with Crippen LogP contribution in [0.4, 0.5) is 0 Å². The maximum Gasteiger partial charge on any atom is 0.223 e. The highest BCUT2D eigenvalue weighted by Crippen LogP contribution is 2.23. The van der Waals surface area contributed by atoms with Crippen LogP contribution >= 0.6 is 0 Å². The van der Waals surface area contributed by atoms with Gasteiger partial charge in [0, 0.05) is 25.4 Å². The van der Waals surface area contributed by atoms with E-state index in [1.165, 1.54) is 22.3 Å². The first-order chi connectivity index (χ1) is 13.9. The SMILES string of the molecule is CCC(CC)C(=O)NCCc1nc2ccccc2n1Cc1c(C)cc(C)cc1C.